The molecule has 3 nitrogen and oxygen atoms in total. The molecule has 17 heavy (non-hydrogen) atoms. The van der Waals surface area contributed by atoms with Gasteiger partial charge in [0.05, 0.1) is 5.56 Å². The summed E-state index contributed by atoms with van der Waals surface area (Å²) in [4.78, 5) is 0. The molecule has 0 spiro atoms. The molecule has 0 unspecified atom stereocenters. The number of hydrogen-bond donors (Lipinski definition) is 1. The van der Waals surface area contributed by atoms with Gasteiger partial charge in [-0.05, 0) is 36.8 Å². The zero-order chi connectivity index (χ0) is 12.3. The van der Waals surface area contributed by atoms with E-state index < -0.39 is 0 Å². The van der Waals surface area contributed by atoms with E-state index >= 15 is 0 Å². The SMILES string of the molecule is Cc1cccc(Oc2ccc(N)c(C#N)c2)c1. The molecule has 0 aliphatic heterocycles. The average Bonchev–Trinajstić information content (AvgIpc) is 2.32. The maximum Gasteiger partial charge on any atom is 0.128 e. The van der Waals surface area contributed by atoms with Crippen LogP contribution in [-0.4, -0.2) is 0 Å². The summed E-state index contributed by atoms with van der Waals surface area (Å²) in [7, 11) is 0. The number of benzene rings is 2. The summed E-state index contributed by atoms with van der Waals surface area (Å²) >= 11 is 0. The molecule has 0 saturated heterocycles. The lowest BCUT2D eigenvalue weighted by Crippen LogP contribution is -1.91. The van der Waals surface area contributed by atoms with E-state index in [0.717, 1.165) is 11.3 Å². The molecule has 2 rings (SSSR count). The molecule has 84 valence electrons. The first-order valence-electron chi connectivity index (χ1n) is 5.23. The minimum atomic E-state index is 0.426. The molecule has 0 aliphatic carbocycles. The number of nitrogens with zero attached hydrogens (tertiary/aromatic N) is 1. The molecule has 0 fully saturated rings. The molecular formula is C14H12N2O. The third-order valence-corrected chi connectivity index (χ3v) is 2.37. The van der Waals surface area contributed by atoms with Gasteiger partial charge in [-0.1, -0.05) is 12.1 Å². The standard InChI is InChI=1S/C14H12N2O/c1-10-3-2-4-12(7-10)17-13-5-6-14(16)11(8-13)9-15/h2-8H,16H2,1H3. The van der Waals surface area contributed by atoms with Gasteiger partial charge in [0.1, 0.15) is 17.6 Å². The molecular weight excluding hydrogens is 212 g/mol. The predicted octanol–water partition coefficient (Wildman–Crippen LogP) is 3.24. The van der Waals surface area contributed by atoms with Gasteiger partial charge in [0.25, 0.3) is 0 Å². The van der Waals surface area contributed by atoms with Crippen LogP contribution in [0.15, 0.2) is 42.5 Å². The van der Waals surface area contributed by atoms with Crippen molar-refractivity contribution in [2.45, 2.75) is 6.92 Å². The Balaban J connectivity index is 2.28. The van der Waals surface area contributed by atoms with Crippen molar-refractivity contribution in [2.24, 2.45) is 0 Å². The minimum absolute atomic E-state index is 0.426. The van der Waals surface area contributed by atoms with Crippen molar-refractivity contribution in [3.8, 4) is 17.6 Å². The lowest BCUT2D eigenvalue weighted by molar-refractivity contribution is 0.482. The third kappa shape index (κ3) is 2.56. The second kappa shape index (κ2) is 4.58. The first-order chi connectivity index (χ1) is 8.19. The summed E-state index contributed by atoms with van der Waals surface area (Å²) in [6.07, 6.45) is 0. The van der Waals surface area contributed by atoms with Gasteiger partial charge in [-0.25, -0.2) is 0 Å². The molecule has 0 aromatic heterocycles. The summed E-state index contributed by atoms with van der Waals surface area (Å²) in [5.74, 6) is 1.36. The van der Waals surface area contributed by atoms with E-state index in [1.807, 2.05) is 37.3 Å². The van der Waals surface area contributed by atoms with E-state index in [2.05, 4.69) is 0 Å². The molecule has 0 amide bonds. The predicted molar refractivity (Wildman–Crippen MR) is 66.8 cm³/mol. The molecule has 2 N–H and O–H groups in total. The normalized spacial score (nSPS) is 9.65. The van der Waals surface area contributed by atoms with E-state index in [0.29, 0.717) is 17.0 Å². The minimum Gasteiger partial charge on any atom is -0.457 e. The smallest absolute Gasteiger partial charge is 0.128 e. The van der Waals surface area contributed by atoms with Crippen molar-refractivity contribution < 1.29 is 4.74 Å². The number of anilines is 1. The van der Waals surface area contributed by atoms with Gasteiger partial charge in [0.2, 0.25) is 0 Å². The summed E-state index contributed by atoms with van der Waals surface area (Å²) in [5.41, 5.74) is 7.65. The zero-order valence-electron chi connectivity index (χ0n) is 9.47. The van der Waals surface area contributed by atoms with Crippen molar-refractivity contribution in [3.63, 3.8) is 0 Å². The van der Waals surface area contributed by atoms with Gasteiger partial charge in [-0.3, -0.25) is 0 Å². The fourth-order valence-electron chi connectivity index (χ4n) is 1.51. The molecule has 3 heteroatoms. The molecule has 0 radical (unpaired) electrons. The zero-order valence-corrected chi connectivity index (χ0v) is 9.47. The number of aryl methyl sites for hydroxylation is 1. The van der Waals surface area contributed by atoms with Crippen LogP contribution in [0.3, 0.4) is 0 Å². The van der Waals surface area contributed by atoms with Crippen LogP contribution in [0.5, 0.6) is 11.5 Å². The van der Waals surface area contributed by atoms with Crippen LogP contribution >= 0.6 is 0 Å². The fourth-order valence-corrected chi connectivity index (χ4v) is 1.51. The van der Waals surface area contributed by atoms with Gasteiger partial charge >= 0.3 is 0 Å². The highest BCUT2D eigenvalue weighted by atomic mass is 16.5. The Morgan fingerprint density at radius 3 is 2.59 bits per heavy atom. The van der Waals surface area contributed by atoms with Gasteiger partial charge in [0, 0.05) is 11.8 Å². The maximum atomic E-state index is 8.87. The van der Waals surface area contributed by atoms with Gasteiger partial charge in [0.15, 0.2) is 0 Å². The van der Waals surface area contributed by atoms with Crippen LogP contribution in [0.2, 0.25) is 0 Å². The Morgan fingerprint density at radius 1 is 1.12 bits per heavy atom. The van der Waals surface area contributed by atoms with Crippen molar-refractivity contribution in [1.29, 1.82) is 5.26 Å². The Morgan fingerprint density at radius 2 is 1.88 bits per heavy atom. The van der Waals surface area contributed by atoms with Crippen LogP contribution in [0.25, 0.3) is 0 Å². The van der Waals surface area contributed by atoms with Crippen molar-refractivity contribution in [2.75, 3.05) is 5.73 Å². The van der Waals surface area contributed by atoms with Crippen LogP contribution in [0.1, 0.15) is 11.1 Å². The van der Waals surface area contributed by atoms with E-state index in [4.69, 9.17) is 15.7 Å². The second-order valence-electron chi connectivity index (χ2n) is 3.78. The first kappa shape index (κ1) is 11.0. The number of nitriles is 1. The van der Waals surface area contributed by atoms with Crippen molar-refractivity contribution in [1.82, 2.24) is 0 Å². The highest BCUT2D eigenvalue weighted by Gasteiger charge is 2.02. The molecule has 2 aromatic rings. The number of nitrogen functional groups attached to an aromatic ring is 1. The highest BCUT2D eigenvalue weighted by Crippen LogP contribution is 2.25. The number of ether oxygens (including phenoxy) is 1. The lowest BCUT2D eigenvalue weighted by Gasteiger charge is -2.07. The third-order valence-electron chi connectivity index (χ3n) is 2.37. The number of rotatable bonds is 2. The Hall–Kier alpha value is -2.47. The van der Waals surface area contributed by atoms with Crippen LogP contribution in [0, 0.1) is 18.3 Å². The van der Waals surface area contributed by atoms with E-state index in [-0.39, 0.29) is 0 Å². The number of hydrogen-bond acceptors (Lipinski definition) is 3. The largest absolute Gasteiger partial charge is 0.457 e. The van der Waals surface area contributed by atoms with Crippen molar-refractivity contribution in [3.05, 3.63) is 53.6 Å². The monoisotopic (exact) mass is 224 g/mol. The summed E-state index contributed by atoms with van der Waals surface area (Å²) in [5, 5.41) is 8.87. The molecule has 0 atom stereocenters. The van der Waals surface area contributed by atoms with Crippen LogP contribution < -0.4 is 10.5 Å². The average molecular weight is 224 g/mol. The van der Waals surface area contributed by atoms with Gasteiger partial charge in [-0.2, -0.15) is 5.26 Å². The fraction of sp³-hybridized carbons (Fsp3) is 0.0714. The molecule has 0 aliphatic rings. The molecule has 2 aromatic carbocycles. The Bertz CT molecular complexity index is 585. The van der Waals surface area contributed by atoms with Gasteiger partial charge in [-0.15, -0.1) is 0 Å². The first-order valence-corrected chi connectivity index (χ1v) is 5.23. The summed E-state index contributed by atoms with van der Waals surface area (Å²) < 4.78 is 5.65. The Kier molecular flexibility index (Phi) is 2.97. The van der Waals surface area contributed by atoms with Crippen molar-refractivity contribution >= 4 is 5.69 Å². The van der Waals surface area contributed by atoms with E-state index in [1.54, 1.807) is 18.2 Å². The maximum absolute atomic E-state index is 8.87. The topological polar surface area (TPSA) is 59.0 Å². The number of nitrogens with two attached hydrogens (primary N) is 1. The van der Waals surface area contributed by atoms with E-state index in [1.165, 1.54) is 0 Å². The molecule has 0 saturated carbocycles. The van der Waals surface area contributed by atoms with Crippen LogP contribution in [-0.2, 0) is 0 Å². The highest BCUT2D eigenvalue weighted by molar-refractivity contribution is 5.57. The molecule has 0 heterocycles. The molecule has 0 bridgehead atoms. The lowest BCUT2D eigenvalue weighted by atomic mass is 10.2. The van der Waals surface area contributed by atoms with Crippen LogP contribution in [0.4, 0.5) is 5.69 Å². The van der Waals surface area contributed by atoms with Gasteiger partial charge < -0.3 is 10.5 Å². The summed E-state index contributed by atoms with van der Waals surface area (Å²) in [6, 6.07) is 14.8. The second-order valence-corrected chi connectivity index (χ2v) is 3.78. The quantitative estimate of drug-likeness (QED) is 0.796. The Labute approximate surface area is 100 Å². The summed E-state index contributed by atoms with van der Waals surface area (Å²) in [6.45, 7) is 2.00. The van der Waals surface area contributed by atoms with E-state index in [9.17, 15) is 0 Å².